The number of rotatable bonds is 5. The maximum Gasteiger partial charge on any atom is 0.128 e. The van der Waals surface area contributed by atoms with Gasteiger partial charge < -0.3 is 5.32 Å². The normalized spacial score (nSPS) is 12.4. The molecule has 1 unspecified atom stereocenters. The van der Waals surface area contributed by atoms with E-state index in [1.165, 1.54) is 11.6 Å². The van der Waals surface area contributed by atoms with Gasteiger partial charge >= 0.3 is 0 Å². The standard InChI is InChI=1S/C17H19ClFN/c1-3-12-5-7-13(8-6-12)17(20-4-2)15-11-14(18)9-10-16(15)19/h5-11,17,20H,3-4H2,1-2H3. The fourth-order valence-corrected chi connectivity index (χ4v) is 2.47. The Labute approximate surface area is 124 Å². The molecule has 106 valence electrons. The molecule has 0 radical (unpaired) electrons. The van der Waals surface area contributed by atoms with Crippen molar-refractivity contribution >= 4 is 11.6 Å². The molecule has 0 fully saturated rings. The molecular formula is C17H19ClFN. The molecule has 1 N–H and O–H groups in total. The van der Waals surface area contributed by atoms with Crippen molar-refractivity contribution in [3.8, 4) is 0 Å². The Hall–Kier alpha value is -1.38. The molecular weight excluding hydrogens is 273 g/mol. The van der Waals surface area contributed by atoms with E-state index >= 15 is 0 Å². The molecule has 0 heterocycles. The maximum absolute atomic E-state index is 14.1. The number of nitrogens with one attached hydrogen (secondary N) is 1. The van der Waals surface area contributed by atoms with Gasteiger partial charge in [0.1, 0.15) is 5.82 Å². The van der Waals surface area contributed by atoms with Crippen LogP contribution in [0.1, 0.15) is 36.6 Å². The second-order valence-electron chi connectivity index (χ2n) is 4.75. The Bertz CT molecular complexity index is 566. The molecule has 1 atom stereocenters. The first-order valence-electron chi connectivity index (χ1n) is 6.92. The van der Waals surface area contributed by atoms with Gasteiger partial charge in [0, 0.05) is 10.6 Å². The van der Waals surface area contributed by atoms with Crippen LogP contribution in [0, 0.1) is 5.82 Å². The van der Waals surface area contributed by atoms with Gasteiger partial charge in [-0.1, -0.05) is 49.7 Å². The Balaban J connectivity index is 2.41. The van der Waals surface area contributed by atoms with Gasteiger partial charge in [0.2, 0.25) is 0 Å². The van der Waals surface area contributed by atoms with Crippen molar-refractivity contribution in [2.75, 3.05) is 6.54 Å². The molecule has 20 heavy (non-hydrogen) atoms. The molecule has 0 aliphatic heterocycles. The first-order valence-corrected chi connectivity index (χ1v) is 7.30. The number of halogens is 2. The van der Waals surface area contributed by atoms with Crippen molar-refractivity contribution < 1.29 is 4.39 Å². The molecule has 0 aliphatic rings. The van der Waals surface area contributed by atoms with E-state index in [4.69, 9.17) is 11.6 Å². The quantitative estimate of drug-likeness (QED) is 0.839. The molecule has 0 amide bonds. The van der Waals surface area contributed by atoms with Crippen molar-refractivity contribution in [3.05, 3.63) is 70.0 Å². The third-order valence-electron chi connectivity index (χ3n) is 3.40. The van der Waals surface area contributed by atoms with E-state index in [0.717, 1.165) is 18.5 Å². The highest BCUT2D eigenvalue weighted by atomic mass is 35.5. The number of aryl methyl sites for hydroxylation is 1. The molecule has 0 spiro atoms. The van der Waals surface area contributed by atoms with Crippen molar-refractivity contribution in [1.29, 1.82) is 0 Å². The summed E-state index contributed by atoms with van der Waals surface area (Å²) >= 11 is 6.00. The molecule has 2 aromatic rings. The Morgan fingerprint density at radius 1 is 1.10 bits per heavy atom. The number of hydrogen-bond donors (Lipinski definition) is 1. The minimum atomic E-state index is -0.236. The monoisotopic (exact) mass is 291 g/mol. The molecule has 0 bridgehead atoms. The number of hydrogen-bond acceptors (Lipinski definition) is 1. The summed E-state index contributed by atoms with van der Waals surface area (Å²) in [4.78, 5) is 0. The molecule has 3 heteroatoms. The topological polar surface area (TPSA) is 12.0 Å². The van der Waals surface area contributed by atoms with Crippen molar-refractivity contribution in [2.24, 2.45) is 0 Å². The van der Waals surface area contributed by atoms with Crippen LogP contribution in [-0.4, -0.2) is 6.54 Å². The van der Waals surface area contributed by atoms with Crippen LogP contribution in [0.5, 0.6) is 0 Å². The third-order valence-corrected chi connectivity index (χ3v) is 3.63. The average molecular weight is 292 g/mol. The fourth-order valence-electron chi connectivity index (χ4n) is 2.29. The van der Waals surface area contributed by atoms with Crippen molar-refractivity contribution in [1.82, 2.24) is 5.32 Å². The zero-order valence-corrected chi connectivity index (χ0v) is 12.5. The second-order valence-corrected chi connectivity index (χ2v) is 5.19. The highest BCUT2D eigenvalue weighted by Crippen LogP contribution is 2.27. The van der Waals surface area contributed by atoms with Gasteiger partial charge in [0.05, 0.1) is 6.04 Å². The van der Waals surface area contributed by atoms with Crippen LogP contribution in [-0.2, 0) is 6.42 Å². The lowest BCUT2D eigenvalue weighted by Gasteiger charge is -2.20. The molecule has 1 nitrogen and oxygen atoms in total. The zero-order valence-electron chi connectivity index (χ0n) is 11.8. The van der Waals surface area contributed by atoms with Crippen LogP contribution in [0.3, 0.4) is 0 Å². The minimum Gasteiger partial charge on any atom is -0.306 e. The van der Waals surface area contributed by atoms with E-state index in [9.17, 15) is 4.39 Å². The molecule has 0 aromatic heterocycles. The minimum absolute atomic E-state index is 0.176. The first-order chi connectivity index (χ1) is 9.65. The van der Waals surface area contributed by atoms with Crippen LogP contribution in [0.2, 0.25) is 5.02 Å². The summed E-state index contributed by atoms with van der Waals surface area (Å²) < 4.78 is 14.1. The smallest absolute Gasteiger partial charge is 0.128 e. The predicted molar refractivity (Wildman–Crippen MR) is 82.7 cm³/mol. The summed E-state index contributed by atoms with van der Waals surface area (Å²) in [6.07, 6.45) is 0.998. The summed E-state index contributed by atoms with van der Waals surface area (Å²) in [6, 6.07) is 12.8. The van der Waals surface area contributed by atoms with Crippen molar-refractivity contribution in [2.45, 2.75) is 26.3 Å². The molecule has 0 aliphatic carbocycles. The number of benzene rings is 2. The summed E-state index contributed by atoms with van der Waals surface area (Å²) in [5.41, 5.74) is 2.91. The lowest BCUT2D eigenvalue weighted by atomic mass is 9.97. The summed E-state index contributed by atoms with van der Waals surface area (Å²) in [6.45, 7) is 4.88. The van der Waals surface area contributed by atoms with Gasteiger partial charge in [-0.15, -0.1) is 0 Å². The van der Waals surface area contributed by atoms with Crippen LogP contribution in [0.15, 0.2) is 42.5 Å². The Kier molecular flexibility index (Phi) is 5.16. The highest BCUT2D eigenvalue weighted by molar-refractivity contribution is 6.30. The van der Waals surface area contributed by atoms with E-state index in [1.807, 2.05) is 19.1 Å². The van der Waals surface area contributed by atoms with Gasteiger partial charge in [-0.05, 0) is 42.3 Å². The molecule has 2 rings (SSSR count). The lowest BCUT2D eigenvalue weighted by Crippen LogP contribution is -2.23. The largest absolute Gasteiger partial charge is 0.306 e. The van der Waals surface area contributed by atoms with Gasteiger partial charge in [-0.2, -0.15) is 0 Å². The van der Waals surface area contributed by atoms with E-state index in [2.05, 4.69) is 24.4 Å². The van der Waals surface area contributed by atoms with Crippen LogP contribution < -0.4 is 5.32 Å². The van der Waals surface area contributed by atoms with E-state index in [1.54, 1.807) is 12.1 Å². The first kappa shape index (κ1) is 15.0. The van der Waals surface area contributed by atoms with Crippen LogP contribution in [0.4, 0.5) is 4.39 Å². The van der Waals surface area contributed by atoms with E-state index < -0.39 is 0 Å². The van der Waals surface area contributed by atoms with Crippen molar-refractivity contribution in [3.63, 3.8) is 0 Å². The molecule has 0 saturated carbocycles. The SMILES string of the molecule is CCNC(c1ccc(CC)cc1)c1cc(Cl)ccc1F. The summed E-state index contributed by atoms with van der Waals surface area (Å²) in [7, 11) is 0. The van der Waals surface area contributed by atoms with Gasteiger partial charge in [-0.25, -0.2) is 4.39 Å². The Morgan fingerprint density at radius 2 is 1.80 bits per heavy atom. The van der Waals surface area contributed by atoms with Gasteiger partial charge in [-0.3, -0.25) is 0 Å². The summed E-state index contributed by atoms with van der Waals surface area (Å²) in [5.74, 6) is -0.236. The van der Waals surface area contributed by atoms with E-state index in [-0.39, 0.29) is 11.9 Å². The molecule has 2 aromatic carbocycles. The van der Waals surface area contributed by atoms with Crippen LogP contribution >= 0.6 is 11.6 Å². The van der Waals surface area contributed by atoms with Gasteiger partial charge in [0.15, 0.2) is 0 Å². The predicted octanol–water partition coefficient (Wildman–Crippen LogP) is 4.74. The fraction of sp³-hybridized carbons (Fsp3) is 0.294. The average Bonchev–Trinajstić information content (AvgIpc) is 2.48. The zero-order chi connectivity index (χ0) is 14.5. The highest BCUT2D eigenvalue weighted by Gasteiger charge is 2.17. The van der Waals surface area contributed by atoms with E-state index in [0.29, 0.717) is 10.6 Å². The second kappa shape index (κ2) is 6.87. The lowest BCUT2D eigenvalue weighted by molar-refractivity contribution is 0.559. The summed E-state index contributed by atoms with van der Waals surface area (Å²) in [5, 5.41) is 3.87. The maximum atomic E-state index is 14.1. The van der Waals surface area contributed by atoms with Gasteiger partial charge in [0.25, 0.3) is 0 Å². The van der Waals surface area contributed by atoms with Crippen LogP contribution in [0.25, 0.3) is 0 Å². The molecule has 0 saturated heterocycles. The third kappa shape index (κ3) is 3.38. The Morgan fingerprint density at radius 3 is 2.40 bits per heavy atom.